The Bertz CT molecular complexity index is 208. The third-order valence-electron chi connectivity index (χ3n) is 3.01. The van der Waals surface area contributed by atoms with Crippen molar-refractivity contribution < 1.29 is 4.79 Å². The number of hydrogen-bond acceptors (Lipinski definition) is 1. The van der Waals surface area contributed by atoms with Crippen molar-refractivity contribution in [3.8, 4) is 0 Å². The topological polar surface area (TPSA) is 29.1 Å². The van der Waals surface area contributed by atoms with Gasteiger partial charge in [-0.15, -0.1) is 0 Å². The van der Waals surface area contributed by atoms with E-state index in [-0.39, 0.29) is 17.2 Å². The van der Waals surface area contributed by atoms with Crippen molar-refractivity contribution in [2.45, 2.75) is 47.1 Å². The SMILES string of the molecule is CC1CC(C)(C)C(C(C)C)C(=O)N1. The number of carbonyl (C=O) groups is 1. The first kappa shape index (κ1) is 10.6. The number of carbonyl (C=O) groups excluding carboxylic acids is 1. The molecular formula is C11H21NO. The van der Waals surface area contributed by atoms with Crippen LogP contribution in [0.5, 0.6) is 0 Å². The van der Waals surface area contributed by atoms with Crippen LogP contribution in [0.4, 0.5) is 0 Å². The summed E-state index contributed by atoms with van der Waals surface area (Å²) in [5.74, 6) is 0.838. The standard InChI is InChI=1S/C11H21NO/c1-7(2)9-10(13)12-8(3)6-11(9,4)5/h7-9H,6H2,1-5H3,(H,12,13). The van der Waals surface area contributed by atoms with Crippen molar-refractivity contribution >= 4 is 5.91 Å². The van der Waals surface area contributed by atoms with Gasteiger partial charge in [-0.25, -0.2) is 0 Å². The zero-order chi connectivity index (χ0) is 10.2. The average Bonchev–Trinajstić information content (AvgIpc) is 1.78. The van der Waals surface area contributed by atoms with Gasteiger partial charge in [-0.1, -0.05) is 27.7 Å². The van der Waals surface area contributed by atoms with Gasteiger partial charge < -0.3 is 5.32 Å². The Hall–Kier alpha value is -0.530. The van der Waals surface area contributed by atoms with Gasteiger partial charge in [0.1, 0.15) is 0 Å². The minimum atomic E-state index is 0.149. The highest BCUT2D eigenvalue weighted by Gasteiger charge is 2.42. The Morgan fingerprint density at radius 2 is 2.00 bits per heavy atom. The summed E-state index contributed by atoms with van der Waals surface area (Å²) in [4.78, 5) is 11.8. The second kappa shape index (κ2) is 3.32. The van der Waals surface area contributed by atoms with E-state index in [4.69, 9.17) is 0 Å². The van der Waals surface area contributed by atoms with Gasteiger partial charge in [-0.3, -0.25) is 4.79 Å². The van der Waals surface area contributed by atoms with Gasteiger partial charge in [0.25, 0.3) is 0 Å². The van der Waals surface area contributed by atoms with E-state index in [1.165, 1.54) is 0 Å². The van der Waals surface area contributed by atoms with E-state index in [0.29, 0.717) is 12.0 Å². The van der Waals surface area contributed by atoms with E-state index in [1.807, 2.05) is 0 Å². The molecule has 1 fully saturated rings. The zero-order valence-corrected chi connectivity index (χ0v) is 9.35. The van der Waals surface area contributed by atoms with Crippen LogP contribution >= 0.6 is 0 Å². The Labute approximate surface area is 81.1 Å². The van der Waals surface area contributed by atoms with Crippen LogP contribution in [0.3, 0.4) is 0 Å². The van der Waals surface area contributed by atoms with Gasteiger partial charge in [0, 0.05) is 12.0 Å². The van der Waals surface area contributed by atoms with E-state index in [9.17, 15) is 4.79 Å². The van der Waals surface area contributed by atoms with Crippen molar-refractivity contribution in [2.24, 2.45) is 17.3 Å². The maximum atomic E-state index is 11.8. The van der Waals surface area contributed by atoms with Gasteiger partial charge >= 0.3 is 0 Å². The summed E-state index contributed by atoms with van der Waals surface area (Å²) in [6, 6.07) is 0.331. The molecule has 0 aromatic heterocycles. The van der Waals surface area contributed by atoms with Crippen molar-refractivity contribution in [3.63, 3.8) is 0 Å². The summed E-state index contributed by atoms with van der Waals surface area (Å²) in [7, 11) is 0. The smallest absolute Gasteiger partial charge is 0.224 e. The molecule has 2 heteroatoms. The summed E-state index contributed by atoms with van der Waals surface area (Å²) in [6.45, 7) is 10.7. The third-order valence-corrected chi connectivity index (χ3v) is 3.01. The summed E-state index contributed by atoms with van der Waals surface area (Å²) in [5, 5.41) is 3.03. The van der Waals surface area contributed by atoms with E-state index >= 15 is 0 Å². The molecule has 1 saturated heterocycles. The second-order valence-corrected chi connectivity index (χ2v) is 5.32. The molecule has 1 heterocycles. The Balaban J connectivity index is 2.86. The molecule has 1 amide bonds. The minimum absolute atomic E-state index is 0.149. The first-order valence-electron chi connectivity index (χ1n) is 5.15. The summed E-state index contributed by atoms with van der Waals surface area (Å²) in [6.07, 6.45) is 1.08. The van der Waals surface area contributed by atoms with Crippen LogP contribution in [0.25, 0.3) is 0 Å². The molecule has 76 valence electrons. The second-order valence-electron chi connectivity index (χ2n) is 5.32. The molecule has 2 nitrogen and oxygen atoms in total. The Morgan fingerprint density at radius 1 is 1.46 bits per heavy atom. The Kier molecular flexibility index (Phi) is 2.69. The van der Waals surface area contributed by atoms with Gasteiger partial charge in [0.15, 0.2) is 0 Å². The van der Waals surface area contributed by atoms with Crippen molar-refractivity contribution in [1.82, 2.24) is 5.32 Å². The van der Waals surface area contributed by atoms with Crippen LogP contribution in [0, 0.1) is 17.3 Å². The summed E-state index contributed by atoms with van der Waals surface area (Å²) in [5.41, 5.74) is 0.149. The van der Waals surface area contributed by atoms with Crippen molar-refractivity contribution in [2.75, 3.05) is 0 Å². The van der Waals surface area contributed by atoms with Crippen molar-refractivity contribution in [1.29, 1.82) is 0 Å². The molecule has 1 N–H and O–H groups in total. The van der Waals surface area contributed by atoms with Crippen LogP contribution < -0.4 is 5.32 Å². The molecule has 0 aromatic carbocycles. The predicted octanol–water partition coefficient (Wildman–Crippen LogP) is 2.19. The molecule has 1 rings (SSSR count). The highest BCUT2D eigenvalue weighted by atomic mass is 16.2. The molecule has 0 radical (unpaired) electrons. The van der Waals surface area contributed by atoms with Crippen LogP contribution in [0.2, 0.25) is 0 Å². The van der Waals surface area contributed by atoms with Crippen LogP contribution in [-0.2, 0) is 4.79 Å². The quantitative estimate of drug-likeness (QED) is 0.663. The largest absolute Gasteiger partial charge is 0.353 e. The fourth-order valence-electron chi connectivity index (χ4n) is 2.86. The first-order valence-corrected chi connectivity index (χ1v) is 5.15. The third kappa shape index (κ3) is 2.04. The molecule has 1 aliphatic heterocycles. The monoisotopic (exact) mass is 183 g/mol. The highest BCUT2D eigenvalue weighted by molar-refractivity contribution is 5.80. The van der Waals surface area contributed by atoms with Gasteiger partial charge in [-0.2, -0.15) is 0 Å². The number of piperidine rings is 1. The number of rotatable bonds is 1. The molecule has 0 spiro atoms. The number of hydrogen-bond donors (Lipinski definition) is 1. The van der Waals surface area contributed by atoms with Gasteiger partial charge in [-0.05, 0) is 24.7 Å². The molecule has 0 aromatic rings. The van der Waals surface area contributed by atoms with E-state index in [2.05, 4.69) is 39.9 Å². The minimum Gasteiger partial charge on any atom is -0.353 e. The average molecular weight is 183 g/mol. The molecule has 0 aliphatic carbocycles. The van der Waals surface area contributed by atoms with Crippen LogP contribution in [-0.4, -0.2) is 11.9 Å². The molecule has 0 saturated carbocycles. The summed E-state index contributed by atoms with van der Waals surface area (Å²) >= 11 is 0. The highest BCUT2D eigenvalue weighted by Crippen LogP contribution is 2.39. The Morgan fingerprint density at radius 3 is 2.38 bits per heavy atom. The van der Waals surface area contributed by atoms with E-state index in [0.717, 1.165) is 6.42 Å². The van der Waals surface area contributed by atoms with Crippen molar-refractivity contribution in [3.05, 3.63) is 0 Å². The van der Waals surface area contributed by atoms with E-state index in [1.54, 1.807) is 0 Å². The molecule has 2 unspecified atom stereocenters. The van der Waals surface area contributed by atoms with Gasteiger partial charge in [0.05, 0.1) is 0 Å². The predicted molar refractivity (Wildman–Crippen MR) is 54.3 cm³/mol. The van der Waals surface area contributed by atoms with Crippen LogP contribution in [0.1, 0.15) is 41.0 Å². The molecule has 1 aliphatic rings. The zero-order valence-electron chi connectivity index (χ0n) is 9.35. The van der Waals surface area contributed by atoms with E-state index < -0.39 is 0 Å². The first-order chi connectivity index (χ1) is 5.84. The fraction of sp³-hybridized carbons (Fsp3) is 0.909. The maximum Gasteiger partial charge on any atom is 0.224 e. The fourth-order valence-corrected chi connectivity index (χ4v) is 2.86. The number of nitrogens with one attached hydrogen (secondary N) is 1. The normalized spacial score (nSPS) is 33.2. The van der Waals surface area contributed by atoms with Crippen LogP contribution in [0.15, 0.2) is 0 Å². The molecular weight excluding hydrogens is 162 g/mol. The lowest BCUT2D eigenvalue weighted by molar-refractivity contribution is -0.135. The summed E-state index contributed by atoms with van der Waals surface area (Å²) < 4.78 is 0. The molecule has 2 atom stereocenters. The lowest BCUT2D eigenvalue weighted by Crippen LogP contribution is -2.52. The number of amides is 1. The maximum absolute atomic E-state index is 11.8. The lowest BCUT2D eigenvalue weighted by atomic mass is 9.67. The van der Waals surface area contributed by atoms with Gasteiger partial charge in [0.2, 0.25) is 5.91 Å². The lowest BCUT2D eigenvalue weighted by Gasteiger charge is -2.43. The molecule has 0 bridgehead atoms. The molecule has 13 heavy (non-hydrogen) atoms.